The van der Waals surface area contributed by atoms with Gasteiger partial charge in [0.15, 0.2) is 6.10 Å². The molecule has 0 aliphatic rings. The zero-order valence-corrected chi connectivity index (χ0v) is 42.1. The van der Waals surface area contributed by atoms with Crippen LogP contribution in [0.3, 0.4) is 0 Å². The molecule has 0 aromatic rings. The minimum absolute atomic E-state index is 0.0829. The molecule has 0 aromatic carbocycles. The topological polar surface area (TPSA) is 78.9 Å². The highest BCUT2D eigenvalue weighted by Gasteiger charge is 2.19. The van der Waals surface area contributed by atoms with Crippen LogP contribution >= 0.6 is 0 Å². The maximum Gasteiger partial charge on any atom is 0.306 e. The fourth-order valence-corrected chi connectivity index (χ4v) is 7.98. The Morgan fingerprint density at radius 3 is 0.921 bits per heavy atom. The standard InChI is InChI=1S/C57H104O6/c1-4-7-10-13-16-19-22-25-27-28-30-32-35-38-41-44-47-50-56(59)62-53-54(52-61-55(58)49-46-43-40-37-34-31-24-21-18-15-12-9-6-3)63-57(60)51-48-45-42-39-36-33-29-26-23-20-17-14-11-8-5-2/h17,20,26,29,36,39,54H,4-16,18-19,21-25,27-28,30-35,37-38,40-53H2,1-3H3/b20-17-,29-26-,39-36-/t54-/m1/s1. The molecule has 0 aliphatic carbocycles. The molecule has 0 saturated heterocycles. The number of ether oxygens (including phenoxy) is 3. The molecular formula is C57H104O6. The second-order valence-electron chi connectivity index (χ2n) is 18.5. The molecule has 0 aromatic heterocycles. The Balaban J connectivity index is 4.38. The number of carbonyl (C=O) groups excluding carboxylic acids is 3. The van der Waals surface area contributed by atoms with Gasteiger partial charge in [-0.05, 0) is 57.8 Å². The van der Waals surface area contributed by atoms with Crippen LogP contribution in [-0.2, 0) is 28.6 Å². The van der Waals surface area contributed by atoms with Crippen molar-refractivity contribution in [1.82, 2.24) is 0 Å². The number of carbonyl (C=O) groups is 3. The van der Waals surface area contributed by atoms with Crippen LogP contribution in [0.25, 0.3) is 0 Å². The minimum Gasteiger partial charge on any atom is -0.462 e. The van der Waals surface area contributed by atoms with E-state index in [0.29, 0.717) is 19.3 Å². The first-order valence-corrected chi connectivity index (χ1v) is 27.5. The van der Waals surface area contributed by atoms with E-state index in [1.54, 1.807) is 0 Å². The molecule has 368 valence electrons. The van der Waals surface area contributed by atoms with Gasteiger partial charge in [0.05, 0.1) is 0 Å². The average Bonchev–Trinajstić information content (AvgIpc) is 3.28. The van der Waals surface area contributed by atoms with Crippen LogP contribution in [0.5, 0.6) is 0 Å². The minimum atomic E-state index is -0.787. The lowest BCUT2D eigenvalue weighted by Crippen LogP contribution is -2.30. The molecule has 0 spiro atoms. The highest BCUT2D eigenvalue weighted by atomic mass is 16.6. The molecule has 0 N–H and O–H groups in total. The Hall–Kier alpha value is -2.37. The zero-order valence-electron chi connectivity index (χ0n) is 42.1. The van der Waals surface area contributed by atoms with Crippen molar-refractivity contribution in [2.45, 2.75) is 297 Å². The van der Waals surface area contributed by atoms with E-state index in [9.17, 15) is 14.4 Å². The van der Waals surface area contributed by atoms with Crippen LogP contribution in [0.15, 0.2) is 36.5 Å². The number of esters is 3. The van der Waals surface area contributed by atoms with Crippen molar-refractivity contribution in [2.24, 2.45) is 0 Å². The molecule has 0 radical (unpaired) electrons. The van der Waals surface area contributed by atoms with Gasteiger partial charge in [0.2, 0.25) is 0 Å². The van der Waals surface area contributed by atoms with E-state index in [4.69, 9.17) is 14.2 Å². The predicted octanol–water partition coefficient (Wildman–Crippen LogP) is 18.1. The van der Waals surface area contributed by atoms with E-state index in [0.717, 1.165) is 64.2 Å². The second-order valence-corrected chi connectivity index (χ2v) is 18.5. The Labute approximate surface area is 391 Å². The number of hydrogen-bond acceptors (Lipinski definition) is 6. The van der Waals surface area contributed by atoms with Crippen LogP contribution in [0, 0.1) is 0 Å². The molecule has 0 saturated carbocycles. The van der Waals surface area contributed by atoms with Crippen LogP contribution in [-0.4, -0.2) is 37.2 Å². The van der Waals surface area contributed by atoms with Gasteiger partial charge in [-0.1, -0.05) is 250 Å². The Bertz CT molecular complexity index is 1060. The molecule has 0 heterocycles. The quantitative estimate of drug-likeness (QED) is 0.0262. The highest BCUT2D eigenvalue weighted by Crippen LogP contribution is 2.16. The van der Waals surface area contributed by atoms with Crippen LogP contribution < -0.4 is 0 Å². The monoisotopic (exact) mass is 885 g/mol. The molecule has 0 bridgehead atoms. The van der Waals surface area contributed by atoms with E-state index < -0.39 is 6.10 Å². The normalized spacial score (nSPS) is 12.2. The Kier molecular flexibility index (Phi) is 50.3. The summed E-state index contributed by atoms with van der Waals surface area (Å²) in [6.07, 6.45) is 61.3. The Morgan fingerprint density at radius 1 is 0.317 bits per heavy atom. The third kappa shape index (κ3) is 50.5. The van der Waals surface area contributed by atoms with Gasteiger partial charge in [0.25, 0.3) is 0 Å². The first-order chi connectivity index (χ1) is 31.0. The summed E-state index contributed by atoms with van der Waals surface area (Å²) in [5.74, 6) is -0.906. The molecule has 0 rings (SSSR count). The van der Waals surface area contributed by atoms with E-state index in [1.165, 1.54) is 180 Å². The van der Waals surface area contributed by atoms with Crippen molar-refractivity contribution in [1.29, 1.82) is 0 Å². The SMILES string of the molecule is CCCCC/C=C\C/C=C\C/C=C\CCCCC(=O)O[C@H](COC(=O)CCCCCCCCCCCCCCC)COC(=O)CCCCCCCCCCCCCCCCCCC. The van der Waals surface area contributed by atoms with Crippen molar-refractivity contribution >= 4 is 17.9 Å². The summed E-state index contributed by atoms with van der Waals surface area (Å²) in [5, 5.41) is 0. The number of unbranched alkanes of at least 4 members (excludes halogenated alkanes) is 33. The maximum atomic E-state index is 12.8. The van der Waals surface area contributed by atoms with E-state index >= 15 is 0 Å². The summed E-state index contributed by atoms with van der Waals surface area (Å²) in [6, 6.07) is 0. The van der Waals surface area contributed by atoms with Crippen LogP contribution in [0.1, 0.15) is 290 Å². The van der Waals surface area contributed by atoms with Crippen molar-refractivity contribution in [3.8, 4) is 0 Å². The van der Waals surface area contributed by atoms with Gasteiger partial charge in [0, 0.05) is 19.3 Å². The lowest BCUT2D eigenvalue weighted by molar-refractivity contribution is -0.167. The molecule has 6 heteroatoms. The van der Waals surface area contributed by atoms with Crippen molar-refractivity contribution in [3.05, 3.63) is 36.5 Å². The van der Waals surface area contributed by atoms with Crippen molar-refractivity contribution < 1.29 is 28.6 Å². The van der Waals surface area contributed by atoms with E-state index in [1.807, 2.05) is 0 Å². The van der Waals surface area contributed by atoms with Gasteiger partial charge in [-0.3, -0.25) is 14.4 Å². The van der Waals surface area contributed by atoms with Gasteiger partial charge < -0.3 is 14.2 Å². The van der Waals surface area contributed by atoms with Crippen molar-refractivity contribution in [3.63, 3.8) is 0 Å². The molecule has 0 fully saturated rings. The third-order valence-electron chi connectivity index (χ3n) is 12.1. The summed E-state index contributed by atoms with van der Waals surface area (Å²) in [7, 11) is 0. The second kappa shape index (κ2) is 52.3. The summed E-state index contributed by atoms with van der Waals surface area (Å²) in [5.41, 5.74) is 0. The third-order valence-corrected chi connectivity index (χ3v) is 12.1. The fourth-order valence-electron chi connectivity index (χ4n) is 7.98. The van der Waals surface area contributed by atoms with Gasteiger partial charge in [-0.15, -0.1) is 0 Å². The fraction of sp³-hybridized carbons (Fsp3) is 0.842. The molecule has 0 amide bonds. The molecule has 0 aliphatic heterocycles. The highest BCUT2D eigenvalue weighted by molar-refractivity contribution is 5.71. The summed E-state index contributed by atoms with van der Waals surface area (Å²) >= 11 is 0. The van der Waals surface area contributed by atoms with Crippen LogP contribution in [0.2, 0.25) is 0 Å². The average molecular weight is 885 g/mol. The van der Waals surface area contributed by atoms with Gasteiger partial charge in [-0.2, -0.15) is 0 Å². The molecule has 63 heavy (non-hydrogen) atoms. The molecule has 1 atom stereocenters. The molecule has 6 nitrogen and oxygen atoms in total. The molecular weight excluding hydrogens is 781 g/mol. The molecule has 0 unspecified atom stereocenters. The predicted molar refractivity (Wildman–Crippen MR) is 270 cm³/mol. The lowest BCUT2D eigenvalue weighted by Gasteiger charge is -2.18. The maximum absolute atomic E-state index is 12.8. The number of hydrogen-bond donors (Lipinski definition) is 0. The van der Waals surface area contributed by atoms with Crippen LogP contribution in [0.4, 0.5) is 0 Å². The summed E-state index contributed by atoms with van der Waals surface area (Å²) in [6.45, 7) is 6.61. The van der Waals surface area contributed by atoms with E-state index in [-0.39, 0.29) is 37.5 Å². The summed E-state index contributed by atoms with van der Waals surface area (Å²) in [4.78, 5) is 38.0. The van der Waals surface area contributed by atoms with Gasteiger partial charge in [0.1, 0.15) is 13.2 Å². The van der Waals surface area contributed by atoms with Crippen molar-refractivity contribution in [2.75, 3.05) is 13.2 Å². The van der Waals surface area contributed by atoms with Gasteiger partial charge >= 0.3 is 17.9 Å². The summed E-state index contributed by atoms with van der Waals surface area (Å²) < 4.78 is 16.8. The Morgan fingerprint density at radius 2 is 0.571 bits per heavy atom. The van der Waals surface area contributed by atoms with E-state index in [2.05, 4.69) is 57.2 Å². The number of allylic oxidation sites excluding steroid dienone is 6. The lowest BCUT2D eigenvalue weighted by atomic mass is 10.0. The number of rotatable bonds is 50. The largest absolute Gasteiger partial charge is 0.462 e. The first-order valence-electron chi connectivity index (χ1n) is 27.5. The smallest absolute Gasteiger partial charge is 0.306 e. The van der Waals surface area contributed by atoms with Gasteiger partial charge in [-0.25, -0.2) is 0 Å². The zero-order chi connectivity index (χ0) is 45.8. The first kappa shape index (κ1) is 60.6.